The number of rotatable bonds is 5. The molecule has 32 heavy (non-hydrogen) atoms. The Morgan fingerprint density at radius 2 is 2.16 bits per heavy atom. The normalized spacial score (nSPS) is 16.6. The number of aryl methyl sites for hydroxylation is 1. The maximum absolute atomic E-state index is 13.0. The van der Waals surface area contributed by atoms with E-state index in [0.717, 1.165) is 36.3 Å². The zero-order valence-electron chi connectivity index (χ0n) is 17.9. The number of nitrogens with zero attached hydrogens (tertiary/aromatic N) is 6. The molecule has 4 aromatic heterocycles. The number of likely N-dealkylation sites (N-methyl/N-ethyl adjacent to an activating group) is 1. The molecule has 10 nitrogen and oxygen atoms in total. The van der Waals surface area contributed by atoms with Gasteiger partial charge in [0.1, 0.15) is 17.6 Å². The van der Waals surface area contributed by atoms with Crippen molar-refractivity contribution < 1.29 is 9.21 Å². The van der Waals surface area contributed by atoms with Crippen molar-refractivity contribution in [1.82, 2.24) is 34.6 Å². The third kappa shape index (κ3) is 3.58. The molecule has 1 amide bonds. The van der Waals surface area contributed by atoms with Crippen LogP contribution in [0.25, 0.3) is 28.5 Å². The second kappa shape index (κ2) is 8.04. The molecular formula is C22H24N8O2. The van der Waals surface area contributed by atoms with Crippen molar-refractivity contribution in [3.63, 3.8) is 0 Å². The number of amides is 1. The molecule has 0 aromatic carbocycles. The Bertz CT molecular complexity index is 1280. The van der Waals surface area contributed by atoms with Gasteiger partial charge in [-0.15, -0.1) is 0 Å². The molecule has 5 rings (SSSR count). The van der Waals surface area contributed by atoms with Crippen LogP contribution in [0, 0.1) is 6.92 Å². The van der Waals surface area contributed by atoms with E-state index < -0.39 is 0 Å². The number of carbonyl (C=O) groups is 1. The van der Waals surface area contributed by atoms with Crippen LogP contribution in [-0.2, 0) is 0 Å². The summed E-state index contributed by atoms with van der Waals surface area (Å²) in [6.07, 6.45) is 8.86. The lowest BCUT2D eigenvalue weighted by Crippen LogP contribution is -2.38. The predicted molar refractivity (Wildman–Crippen MR) is 119 cm³/mol. The zero-order valence-corrected chi connectivity index (χ0v) is 17.9. The van der Waals surface area contributed by atoms with Gasteiger partial charge in [-0.25, -0.2) is 19.9 Å². The number of hydrogen-bond donors (Lipinski definition) is 2. The smallest absolute Gasteiger partial charge is 0.273 e. The second-order valence-corrected chi connectivity index (χ2v) is 8.02. The number of imidazole rings is 1. The van der Waals surface area contributed by atoms with Gasteiger partial charge in [0, 0.05) is 36.2 Å². The first-order chi connectivity index (χ1) is 15.5. The van der Waals surface area contributed by atoms with Crippen molar-refractivity contribution in [1.29, 1.82) is 0 Å². The first-order valence-corrected chi connectivity index (χ1v) is 10.5. The number of aromatic nitrogens is 5. The summed E-state index contributed by atoms with van der Waals surface area (Å²) in [6, 6.07) is 4.07. The molecule has 1 aliphatic rings. The SMILES string of the molecule is Cc1cnc2ccc(-c3nc(C(=O)NC[C@@H]4CCCN4C)c(N)nc3-c3ncco3)cn12. The average molecular weight is 432 g/mol. The lowest BCUT2D eigenvalue weighted by atomic mass is 10.1. The van der Waals surface area contributed by atoms with E-state index in [2.05, 4.69) is 37.2 Å². The van der Waals surface area contributed by atoms with Crippen LogP contribution < -0.4 is 11.1 Å². The van der Waals surface area contributed by atoms with Gasteiger partial charge in [-0.2, -0.15) is 0 Å². The van der Waals surface area contributed by atoms with Gasteiger partial charge in [-0.05, 0) is 45.5 Å². The number of nitrogens with two attached hydrogens (primary N) is 1. The molecule has 1 fully saturated rings. The fourth-order valence-corrected chi connectivity index (χ4v) is 4.08. The fourth-order valence-electron chi connectivity index (χ4n) is 4.08. The van der Waals surface area contributed by atoms with Crippen molar-refractivity contribution >= 4 is 17.4 Å². The summed E-state index contributed by atoms with van der Waals surface area (Å²) in [5, 5.41) is 2.96. The lowest BCUT2D eigenvalue weighted by Gasteiger charge is -2.19. The van der Waals surface area contributed by atoms with Gasteiger partial charge >= 0.3 is 0 Å². The van der Waals surface area contributed by atoms with Crippen LogP contribution in [0.2, 0.25) is 0 Å². The third-order valence-electron chi connectivity index (χ3n) is 5.91. The maximum atomic E-state index is 13.0. The maximum Gasteiger partial charge on any atom is 0.273 e. The number of likely N-dealkylation sites (tertiary alicyclic amines) is 1. The van der Waals surface area contributed by atoms with Gasteiger partial charge in [0.05, 0.1) is 6.20 Å². The van der Waals surface area contributed by atoms with Gasteiger partial charge in [0.2, 0.25) is 5.89 Å². The molecule has 0 bridgehead atoms. The summed E-state index contributed by atoms with van der Waals surface area (Å²) in [7, 11) is 2.06. The topological polar surface area (TPSA) is 127 Å². The summed E-state index contributed by atoms with van der Waals surface area (Å²) in [6.45, 7) is 3.54. The average Bonchev–Trinajstić information content (AvgIpc) is 3.54. The van der Waals surface area contributed by atoms with Crippen LogP contribution in [0.4, 0.5) is 5.82 Å². The molecule has 0 aliphatic carbocycles. The van der Waals surface area contributed by atoms with Gasteiger partial charge in [0.15, 0.2) is 17.2 Å². The Labute approximate surface area is 184 Å². The van der Waals surface area contributed by atoms with E-state index in [1.54, 1.807) is 6.20 Å². The molecule has 1 atom stereocenters. The number of fused-ring (bicyclic) bond motifs is 1. The van der Waals surface area contributed by atoms with E-state index in [-0.39, 0.29) is 23.3 Å². The van der Waals surface area contributed by atoms with Gasteiger partial charge in [-0.3, -0.25) is 4.79 Å². The number of pyridine rings is 1. The number of carbonyl (C=O) groups excluding carboxylic acids is 1. The highest BCUT2D eigenvalue weighted by Crippen LogP contribution is 2.30. The quantitative estimate of drug-likeness (QED) is 0.491. The third-order valence-corrected chi connectivity index (χ3v) is 5.91. The van der Waals surface area contributed by atoms with Gasteiger partial charge in [0.25, 0.3) is 5.91 Å². The minimum absolute atomic E-state index is 0.0270. The van der Waals surface area contributed by atoms with Crippen molar-refractivity contribution in [2.75, 3.05) is 25.9 Å². The van der Waals surface area contributed by atoms with Crippen molar-refractivity contribution in [3.8, 4) is 22.8 Å². The molecule has 4 aromatic rings. The summed E-state index contributed by atoms with van der Waals surface area (Å²) < 4.78 is 7.41. The minimum Gasteiger partial charge on any atom is -0.443 e. The highest BCUT2D eigenvalue weighted by atomic mass is 16.3. The minimum atomic E-state index is -0.351. The molecule has 164 valence electrons. The molecule has 0 radical (unpaired) electrons. The van der Waals surface area contributed by atoms with E-state index in [0.29, 0.717) is 24.0 Å². The van der Waals surface area contributed by atoms with Crippen molar-refractivity contribution in [3.05, 3.63) is 48.4 Å². The Morgan fingerprint density at radius 1 is 1.28 bits per heavy atom. The van der Waals surface area contributed by atoms with Crippen LogP contribution in [0.3, 0.4) is 0 Å². The summed E-state index contributed by atoms with van der Waals surface area (Å²) >= 11 is 0. The predicted octanol–water partition coefficient (Wildman–Crippen LogP) is 2.16. The Morgan fingerprint density at radius 3 is 2.91 bits per heavy atom. The molecule has 1 saturated heterocycles. The summed E-state index contributed by atoms with van der Waals surface area (Å²) in [5.74, 6) is -0.0456. The highest BCUT2D eigenvalue weighted by Gasteiger charge is 2.25. The van der Waals surface area contributed by atoms with Crippen LogP contribution in [0.15, 0.2) is 41.4 Å². The first-order valence-electron chi connectivity index (χ1n) is 10.5. The Balaban J connectivity index is 1.55. The summed E-state index contributed by atoms with van der Waals surface area (Å²) in [4.78, 5) is 32.9. The molecule has 0 spiro atoms. The summed E-state index contributed by atoms with van der Waals surface area (Å²) in [5.41, 5.74) is 9.59. The highest BCUT2D eigenvalue weighted by molar-refractivity contribution is 5.97. The van der Waals surface area contributed by atoms with Crippen LogP contribution in [0.5, 0.6) is 0 Å². The molecule has 5 heterocycles. The molecule has 0 unspecified atom stereocenters. The molecule has 10 heteroatoms. The van der Waals surface area contributed by atoms with Crippen molar-refractivity contribution in [2.24, 2.45) is 0 Å². The second-order valence-electron chi connectivity index (χ2n) is 8.02. The molecule has 0 saturated carbocycles. The molecule has 1 aliphatic heterocycles. The van der Waals surface area contributed by atoms with E-state index in [1.807, 2.05) is 29.7 Å². The lowest BCUT2D eigenvalue weighted by molar-refractivity contribution is 0.0939. The number of oxazole rings is 1. The zero-order chi connectivity index (χ0) is 22.2. The molecular weight excluding hydrogens is 408 g/mol. The van der Waals surface area contributed by atoms with E-state index in [1.165, 1.54) is 12.5 Å². The van der Waals surface area contributed by atoms with Crippen LogP contribution >= 0.6 is 0 Å². The van der Waals surface area contributed by atoms with Crippen LogP contribution in [0.1, 0.15) is 29.0 Å². The Hall–Kier alpha value is -3.79. The van der Waals surface area contributed by atoms with Gasteiger partial charge in [-0.1, -0.05) is 0 Å². The number of nitrogen functional groups attached to an aromatic ring is 1. The standard InChI is InChI=1S/C22H24N8O2/c1-13-10-25-16-6-5-14(12-30(13)16)17-18(22-24-7-9-32-22)28-20(23)19(27-17)21(31)26-11-15-4-3-8-29(15)2/h5-7,9-10,12,15H,3-4,8,11H2,1-2H3,(H2,23,28)(H,26,31)/t15-/m0/s1. The van der Waals surface area contributed by atoms with Gasteiger partial charge < -0.3 is 24.8 Å². The van der Waals surface area contributed by atoms with Crippen molar-refractivity contribution in [2.45, 2.75) is 25.8 Å². The number of nitrogens with one attached hydrogen (secondary N) is 1. The number of hydrogen-bond acceptors (Lipinski definition) is 8. The molecule has 3 N–H and O–H groups in total. The Kier molecular flexibility index (Phi) is 5.06. The largest absolute Gasteiger partial charge is 0.443 e. The number of anilines is 1. The van der Waals surface area contributed by atoms with Crippen LogP contribution in [-0.4, -0.2) is 61.3 Å². The first kappa shape index (κ1) is 20.1. The van der Waals surface area contributed by atoms with E-state index >= 15 is 0 Å². The fraction of sp³-hybridized carbons (Fsp3) is 0.318. The monoisotopic (exact) mass is 432 g/mol. The van der Waals surface area contributed by atoms with E-state index in [4.69, 9.17) is 10.2 Å². The van der Waals surface area contributed by atoms with E-state index in [9.17, 15) is 4.79 Å².